The first kappa shape index (κ1) is 16.7. The van der Waals surface area contributed by atoms with Crippen LogP contribution in [0.3, 0.4) is 0 Å². The molecule has 0 saturated carbocycles. The molecule has 24 heavy (non-hydrogen) atoms. The molecule has 128 valence electrons. The summed E-state index contributed by atoms with van der Waals surface area (Å²) in [5.41, 5.74) is 10.7. The van der Waals surface area contributed by atoms with Gasteiger partial charge in [-0.3, -0.25) is 4.90 Å². The number of benzene rings is 2. The zero-order valence-electron chi connectivity index (χ0n) is 14.7. The van der Waals surface area contributed by atoms with E-state index in [1.54, 1.807) is 7.11 Å². The topological polar surface area (TPSA) is 41.7 Å². The molecule has 2 N–H and O–H groups in total. The Balaban J connectivity index is 1.50. The first-order chi connectivity index (χ1) is 11.7. The van der Waals surface area contributed by atoms with Gasteiger partial charge >= 0.3 is 0 Å². The average molecular weight is 325 g/mol. The van der Waals surface area contributed by atoms with Crippen LogP contribution in [-0.2, 0) is 6.42 Å². The lowest BCUT2D eigenvalue weighted by atomic mass is 10.1. The Labute approximate surface area is 144 Å². The summed E-state index contributed by atoms with van der Waals surface area (Å²) in [5, 5.41) is 0. The highest BCUT2D eigenvalue weighted by Crippen LogP contribution is 2.22. The number of nitrogen functional groups attached to an aromatic ring is 1. The Morgan fingerprint density at radius 3 is 2.50 bits per heavy atom. The molecular formula is C20H27N3O. The van der Waals surface area contributed by atoms with Crippen molar-refractivity contribution in [2.75, 3.05) is 50.5 Å². The lowest BCUT2D eigenvalue weighted by Gasteiger charge is -2.36. The summed E-state index contributed by atoms with van der Waals surface area (Å²) in [6.45, 7) is 7.63. The summed E-state index contributed by atoms with van der Waals surface area (Å²) >= 11 is 0. The Hall–Kier alpha value is -2.20. The average Bonchev–Trinajstić information content (AvgIpc) is 2.60. The Kier molecular flexibility index (Phi) is 5.26. The minimum atomic E-state index is 0.722. The van der Waals surface area contributed by atoms with Crippen molar-refractivity contribution in [1.29, 1.82) is 0 Å². The van der Waals surface area contributed by atoms with Crippen LogP contribution in [0.5, 0.6) is 5.75 Å². The number of nitrogens with zero attached hydrogens (tertiary/aromatic N) is 2. The molecule has 1 fully saturated rings. The fraction of sp³-hybridized carbons (Fsp3) is 0.400. The van der Waals surface area contributed by atoms with Gasteiger partial charge in [-0.15, -0.1) is 0 Å². The smallest absolute Gasteiger partial charge is 0.141 e. The minimum absolute atomic E-state index is 0.722. The normalized spacial score (nSPS) is 15.5. The monoisotopic (exact) mass is 325 g/mol. The van der Waals surface area contributed by atoms with Gasteiger partial charge in [0.2, 0.25) is 0 Å². The molecule has 1 aliphatic rings. The van der Waals surface area contributed by atoms with Crippen molar-refractivity contribution in [2.24, 2.45) is 0 Å². The second-order valence-electron chi connectivity index (χ2n) is 6.49. The van der Waals surface area contributed by atoms with Crippen LogP contribution in [0.4, 0.5) is 11.4 Å². The highest BCUT2D eigenvalue weighted by molar-refractivity contribution is 5.54. The van der Waals surface area contributed by atoms with Crippen LogP contribution in [-0.4, -0.2) is 44.7 Å². The summed E-state index contributed by atoms with van der Waals surface area (Å²) < 4.78 is 5.22. The first-order valence-electron chi connectivity index (χ1n) is 8.62. The van der Waals surface area contributed by atoms with Crippen molar-refractivity contribution >= 4 is 11.4 Å². The van der Waals surface area contributed by atoms with Crippen molar-refractivity contribution < 1.29 is 4.74 Å². The maximum Gasteiger partial charge on any atom is 0.141 e. The van der Waals surface area contributed by atoms with Crippen LogP contribution in [0.15, 0.2) is 42.5 Å². The standard InChI is InChI=1S/C20H27N3O/c1-16-4-3-5-18(14-16)23-12-10-22(11-13-23)9-8-17-6-7-20(24-2)19(21)15-17/h3-7,14-15H,8-13,21H2,1-2H3. The van der Waals surface area contributed by atoms with Crippen LogP contribution in [0, 0.1) is 6.92 Å². The van der Waals surface area contributed by atoms with E-state index in [9.17, 15) is 0 Å². The second-order valence-corrected chi connectivity index (χ2v) is 6.49. The van der Waals surface area contributed by atoms with E-state index in [0.29, 0.717) is 0 Å². The third kappa shape index (κ3) is 4.01. The van der Waals surface area contributed by atoms with Crippen molar-refractivity contribution in [3.63, 3.8) is 0 Å². The molecule has 0 aliphatic carbocycles. The van der Waals surface area contributed by atoms with Crippen molar-refractivity contribution in [3.05, 3.63) is 53.6 Å². The van der Waals surface area contributed by atoms with E-state index in [-0.39, 0.29) is 0 Å². The van der Waals surface area contributed by atoms with Gasteiger partial charge in [-0.05, 0) is 48.7 Å². The van der Waals surface area contributed by atoms with E-state index in [4.69, 9.17) is 10.5 Å². The molecule has 1 aliphatic heterocycles. The molecule has 4 nitrogen and oxygen atoms in total. The number of hydrogen-bond donors (Lipinski definition) is 1. The summed E-state index contributed by atoms with van der Waals surface area (Å²) in [6.07, 6.45) is 1.03. The van der Waals surface area contributed by atoms with Crippen LogP contribution < -0.4 is 15.4 Å². The predicted molar refractivity (Wildman–Crippen MR) is 101 cm³/mol. The SMILES string of the molecule is COc1ccc(CCN2CCN(c3cccc(C)c3)CC2)cc1N. The van der Waals surface area contributed by atoms with Gasteiger partial charge in [0, 0.05) is 38.4 Å². The Morgan fingerprint density at radius 1 is 1.04 bits per heavy atom. The summed E-state index contributed by atoms with van der Waals surface area (Å²) in [5.74, 6) is 0.755. The van der Waals surface area contributed by atoms with E-state index >= 15 is 0 Å². The zero-order chi connectivity index (χ0) is 16.9. The number of ether oxygens (including phenoxy) is 1. The number of hydrogen-bond acceptors (Lipinski definition) is 4. The maximum atomic E-state index is 5.99. The van der Waals surface area contributed by atoms with Gasteiger partial charge in [0.1, 0.15) is 5.75 Å². The van der Waals surface area contributed by atoms with Gasteiger partial charge in [-0.2, -0.15) is 0 Å². The zero-order valence-corrected chi connectivity index (χ0v) is 14.7. The molecule has 0 amide bonds. The quantitative estimate of drug-likeness (QED) is 0.858. The molecule has 2 aromatic rings. The van der Waals surface area contributed by atoms with Gasteiger partial charge < -0.3 is 15.4 Å². The van der Waals surface area contributed by atoms with Gasteiger partial charge in [0.05, 0.1) is 12.8 Å². The van der Waals surface area contributed by atoms with E-state index in [2.05, 4.69) is 47.1 Å². The molecular weight excluding hydrogens is 298 g/mol. The number of anilines is 2. The molecule has 0 bridgehead atoms. The fourth-order valence-corrected chi connectivity index (χ4v) is 3.28. The molecule has 0 aromatic heterocycles. The molecule has 4 heteroatoms. The lowest BCUT2D eigenvalue weighted by Crippen LogP contribution is -2.47. The first-order valence-corrected chi connectivity index (χ1v) is 8.62. The summed E-state index contributed by atoms with van der Waals surface area (Å²) in [6, 6.07) is 14.9. The predicted octanol–water partition coefficient (Wildman–Crippen LogP) is 2.95. The van der Waals surface area contributed by atoms with Gasteiger partial charge in [0.15, 0.2) is 0 Å². The summed E-state index contributed by atoms with van der Waals surface area (Å²) in [4.78, 5) is 5.02. The number of methoxy groups -OCH3 is 1. The molecule has 3 rings (SSSR count). The van der Waals surface area contributed by atoms with E-state index in [0.717, 1.165) is 50.6 Å². The number of piperazine rings is 1. The van der Waals surface area contributed by atoms with Crippen molar-refractivity contribution in [1.82, 2.24) is 4.90 Å². The maximum absolute atomic E-state index is 5.99. The largest absolute Gasteiger partial charge is 0.495 e. The minimum Gasteiger partial charge on any atom is -0.495 e. The number of nitrogens with two attached hydrogens (primary N) is 1. The Morgan fingerprint density at radius 2 is 1.83 bits per heavy atom. The highest BCUT2D eigenvalue weighted by atomic mass is 16.5. The van der Waals surface area contributed by atoms with Crippen molar-refractivity contribution in [2.45, 2.75) is 13.3 Å². The lowest BCUT2D eigenvalue weighted by molar-refractivity contribution is 0.261. The molecule has 2 aromatic carbocycles. The van der Waals surface area contributed by atoms with E-state index in [1.807, 2.05) is 12.1 Å². The van der Waals surface area contributed by atoms with Gasteiger partial charge in [-0.1, -0.05) is 18.2 Å². The molecule has 1 saturated heterocycles. The molecule has 0 spiro atoms. The third-order valence-corrected chi connectivity index (χ3v) is 4.75. The van der Waals surface area contributed by atoms with Crippen LogP contribution in [0.2, 0.25) is 0 Å². The highest BCUT2D eigenvalue weighted by Gasteiger charge is 2.17. The van der Waals surface area contributed by atoms with Crippen molar-refractivity contribution in [3.8, 4) is 5.75 Å². The van der Waals surface area contributed by atoms with Crippen LogP contribution in [0.25, 0.3) is 0 Å². The number of aryl methyl sites for hydroxylation is 1. The van der Waals surface area contributed by atoms with Gasteiger partial charge in [-0.25, -0.2) is 0 Å². The molecule has 0 atom stereocenters. The van der Waals surface area contributed by atoms with Gasteiger partial charge in [0.25, 0.3) is 0 Å². The van der Waals surface area contributed by atoms with E-state index < -0.39 is 0 Å². The summed E-state index contributed by atoms with van der Waals surface area (Å²) in [7, 11) is 1.65. The van der Waals surface area contributed by atoms with Crippen LogP contribution >= 0.6 is 0 Å². The third-order valence-electron chi connectivity index (χ3n) is 4.75. The fourth-order valence-electron chi connectivity index (χ4n) is 3.28. The molecule has 0 unspecified atom stereocenters. The number of rotatable bonds is 5. The molecule has 0 radical (unpaired) electrons. The second kappa shape index (κ2) is 7.58. The van der Waals surface area contributed by atoms with Crippen LogP contribution in [0.1, 0.15) is 11.1 Å². The van der Waals surface area contributed by atoms with E-state index in [1.165, 1.54) is 16.8 Å². The molecule has 1 heterocycles. The Bertz CT molecular complexity index is 678.